The standard InChI is InChI=1S/C22H30N2O5.H2/c1-14-9-16-10-15(5-6-18(16)20(25)28-14)19-12-23-7-8-24(11-17(23)13-27-19)21(26)29-22(2,3)4;/h5-6,10,14,17,19H,7-9,11-13H2,1-4H3;1H/t14-,17-,19?;/m1./s1. The van der Waals surface area contributed by atoms with Gasteiger partial charge >= 0.3 is 12.1 Å². The summed E-state index contributed by atoms with van der Waals surface area (Å²) in [6, 6.07) is 6.10. The van der Waals surface area contributed by atoms with Crippen LogP contribution in [0.5, 0.6) is 0 Å². The van der Waals surface area contributed by atoms with Crippen LogP contribution in [0.3, 0.4) is 0 Å². The number of cyclic esters (lactones) is 1. The Hall–Kier alpha value is -2.12. The summed E-state index contributed by atoms with van der Waals surface area (Å²) in [5.41, 5.74) is 2.30. The van der Waals surface area contributed by atoms with E-state index in [0.29, 0.717) is 25.3 Å². The average molecular weight is 405 g/mol. The molecule has 4 rings (SSSR count). The molecule has 1 unspecified atom stereocenters. The molecule has 3 heterocycles. The maximum Gasteiger partial charge on any atom is 0.410 e. The molecule has 0 radical (unpaired) electrons. The molecule has 3 atom stereocenters. The lowest BCUT2D eigenvalue weighted by atomic mass is 9.94. The van der Waals surface area contributed by atoms with E-state index in [1.165, 1.54) is 0 Å². The number of benzene rings is 1. The minimum Gasteiger partial charge on any atom is -0.459 e. The second-order valence-corrected chi connectivity index (χ2v) is 9.23. The number of esters is 1. The Bertz CT molecular complexity index is 809. The third-order valence-electron chi connectivity index (χ3n) is 5.68. The van der Waals surface area contributed by atoms with Crippen molar-refractivity contribution in [2.45, 2.75) is 58.0 Å². The summed E-state index contributed by atoms with van der Waals surface area (Å²) in [4.78, 5) is 28.6. The predicted octanol–water partition coefficient (Wildman–Crippen LogP) is 3.03. The smallest absolute Gasteiger partial charge is 0.410 e. The Labute approximate surface area is 173 Å². The number of carbonyl (C=O) groups is 2. The van der Waals surface area contributed by atoms with Crippen molar-refractivity contribution in [2.24, 2.45) is 0 Å². The quantitative estimate of drug-likeness (QED) is 0.670. The van der Waals surface area contributed by atoms with Crippen LogP contribution >= 0.6 is 0 Å². The van der Waals surface area contributed by atoms with Gasteiger partial charge in [0.15, 0.2) is 0 Å². The average Bonchev–Trinajstić information content (AvgIpc) is 2.65. The second kappa shape index (κ2) is 7.61. The van der Waals surface area contributed by atoms with Crippen LogP contribution in [0.2, 0.25) is 0 Å². The van der Waals surface area contributed by atoms with Crippen LogP contribution in [0.4, 0.5) is 4.79 Å². The second-order valence-electron chi connectivity index (χ2n) is 9.23. The number of hydrogen-bond acceptors (Lipinski definition) is 6. The Morgan fingerprint density at radius 2 is 2.03 bits per heavy atom. The molecule has 0 aliphatic carbocycles. The molecule has 2 saturated heterocycles. The largest absolute Gasteiger partial charge is 0.459 e. The Balaban J connectivity index is 0.00000256. The van der Waals surface area contributed by atoms with Gasteiger partial charge in [0.1, 0.15) is 11.7 Å². The summed E-state index contributed by atoms with van der Waals surface area (Å²) in [5.74, 6) is -0.242. The molecule has 3 aliphatic heterocycles. The van der Waals surface area contributed by atoms with E-state index in [9.17, 15) is 9.59 Å². The molecule has 0 spiro atoms. The zero-order chi connectivity index (χ0) is 20.8. The normalized spacial score (nSPS) is 27.7. The Morgan fingerprint density at radius 3 is 2.79 bits per heavy atom. The summed E-state index contributed by atoms with van der Waals surface area (Å²) >= 11 is 0. The fourth-order valence-corrected chi connectivity index (χ4v) is 4.26. The van der Waals surface area contributed by atoms with E-state index in [1.54, 1.807) is 4.90 Å². The fourth-order valence-electron chi connectivity index (χ4n) is 4.26. The predicted molar refractivity (Wildman–Crippen MR) is 109 cm³/mol. The molecular weight excluding hydrogens is 372 g/mol. The number of fused-ring (bicyclic) bond motifs is 2. The highest BCUT2D eigenvalue weighted by molar-refractivity contribution is 5.92. The highest BCUT2D eigenvalue weighted by Gasteiger charge is 2.37. The van der Waals surface area contributed by atoms with Crippen molar-refractivity contribution >= 4 is 12.1 Å². The molecule has 160 valence electrons. The maximum absolute atomic E-state index is 12.4. The molecule has 3 aliphatic rings. The molecule has 29 heavy (non-hydrogen) atoms. The molecule has 0 saturated carbocycles. The molecule has 2 fully saturated rings. The van der Waals surface area contributed by atoms with Gasteiger partial charge in [0.2, 0.25) is 0 Å². The van der Waals surface area contributed by atoms with Gasteiger partial charge < -0.3 is 19.1 Å². The summed E-state index contributed by atoms with van der Waals surface area (Å²) in [7, 11) is 0. The van der Waals surface area contributed by atoms with Crippen LogP contribution in [0, 0.1) is 0 Å². The minimum atomic E-state index is -0.487. The number of piperazine rings is 1. The van der Waals surface area contributed by atoms with Gasteiger partial charge in [-0.25, -0.2) is 9.59 Å². The maximum atomic E-state index is 12.4. The molecule has 7 nitrogen and oxygen atoms in total. The lowest BCUT2D eigenvalue weighted by Gasteiger charge is -2.46. The van der Waals surface area contributed by atoms with Crippen LogP contribution < -0.4 is 0 Å². The number of morpholine rings is 1. The van der Waals surface area contributed by atoms with E-state index in [2.05, 4.69) is 11.0 Å². The lowest BCUT2D eigenvalue weighted by Crippen LogP contribution is -2.60. The summed E-state index contributed by atoms with van der Waals surface area (Å²) in [6.07, 6.45) is 0.356. The molecule has 7 heteroatoms. The van der Waals surface area contributed by atoms with Crippen molar-refractivity contribution in [3.05, 3.63) is 34.9 Å². The number of ether oxygens (including phenoxy) is 3. The molecule has 1 aromatic rings. The van der Waals surface area contributed by atoms with Crippen LogP contribution in [-0.2, 0) is 20.6 Å². The van der Waals surface area contributed by atoms with Crippen LogP contribution in [-0.4, -0.2) is 72.4 Å². The van der Waals surface area contributed by atoms with Gasteiger partial charge in [0.05, 0.1) is 24.3 Å². The first-order valence-electron chi connectivity index (χ1n) is 10.4. The number of rotatable bonds is 1. The van der Waals surface area contributed by atoms with Crippen molar-refractivity contribution in [1.29, 1.82) is 0 Å². The SMILES string of the molecule is C[C@@H]1Cc2cc(C3CN4CCN(C(=O)OC(C)(C)C)C[C@@H]4CO3)ccc2C(=O)O1.[HH]. The number of carbonyl (C=O) groups excluding carboxylic acids is 2. The molecule has 1 amide bonds. The zero-order valence-corrected chi connectivity index (χ0v) is 17.6. The van der Waals surface area contributed by atoms with Crippen molar-refractivity contribution in [3.63, 3.8) is 0 Å². The lowest BCUT2D eigenvalue weighted by molar-refractivity contribution is -0.0906. The van der Waals surface area contributed by atoms with Crippen LogP contribution in [0.1, 0.15) is 56.7 Å². The van der Waals surface area contributed by atoms with Gasteiger partial charge in [0, 0.05) is 34.0 Å². The topological polar surface area (TPSA) is 68.3 Å². The summed E-state index contributed by atoms with van der Waals surface area (Å²) in [5, 5.41) is 0. The van der Waals surface area contributed by atoms with E-state index in [1.807, 2.05) is 39.8 Å². The van der Waals surface area contributed by atoms with Gasteiger partial charge in [-0.3, -0.25) is 4.90 Å². The first-order chi connectivity index (χ1) is 13.7. The van der Waals surface area contributed by atoms with E-state index >= 15 is 0 Å². The summed E-state index contributed by atoms with van der Waals surface area (Å²) in [6.45, 7) is 11.0. The van der Waals surface area contributed by atoms with Crippen LogP contribution in [0.15, 0.2) is 18.2 Å². The van der Waals surface area contributed by atoms with Gasteiger partial charge in [-0.15, -0.1) is 0 Å². The van der Waals surface area contributed by atoms with E-state index in [0.717, 1.165) is 30.6 Å². The molecular formula is C22H32N2O5. The molecule has 0 N–H and O–H groups in total. The van der Waals surface area contributed by atoms with Crippen molar-refractivity contribution in [2.75, 3.05) is 32.8 Å². The van der Waals surface area contributed by atoms with Crippen molar-refractivity contribution in [3.8, 4) is 0 Å². The molecule has 0 bridgehead atoms. The zero-order valence-electron chi connectivity index (χ0n) is 17.6. The highest BCUT2D eigenvalue weighted by Crippen LogP contribution is 2.30. The van der Waals surface area contributed by atoms with Gasteiger partial charge in [0.25, 0.3) is 0 Å². The third kappa shape index (κ3) is 4.41. The van der Waals surface area contributed by atoms with E-state index < -0.39 is 5.60 Å². The fraction of sp³-hybridized carbons (Fsp3) is 0.636. The third-order valence-corrected chi connectivity index (χ3v) is 5.68. The first kappa shape index (κ1) is 20.2. The number of hydrogen-bond donors (Lipinski definition) is 0. The van der Waals surface area contributed by atoms with Crippen molar-refractivity contribution in [1.82, 2.24) is 9.80 Å². The highest BCUT2D eigenvalue weighted by atomic mass is 16.6. The Kier molecular flexibility index (Phi) is 5.29. The number of amides is 1. The van der Waals surface area contributed by atoms with Gasteiger partial charge in [-0.2, -0.15) is 0 Å². The molecule has 0 aromatic heterocycles. The van der Waals surface area contributed by atoms with Crippen molar-refractivity contribution < 1.29 is 25.2 Å². The van der Waals surface area contributed by atoms with E-state index in [4.69, 9.17) is 14.2 Å². The Morgan fingerprint density at radius 1 is 1.24 bits per heavy atom. The van der Waals surface area contributed by atoms with E-state index in [-0.39, 0.29) is 31.7 Å². The first-order valence-corrected chi connectivity index (χ1v) is 10.4. The van der Waals surface area contributed by atoms with Gasteiger partial charge in [-0.05, 0) is 44.9 Å². The monoisotopic (exact) mass is 404 g/mol. The van der Waals surface area contributed by atoms with Crippen LogP contribution in [0.25, 0.3) is 0 Å². The summed E-state index contributed by atoms with van der Waals surface area (Å²) < 4.78 is 17.0. The minimum absolute atomic E-state index is 0. The molecule has 1 aromatic carbocycles. The number of nitrogens with zero attached hydrogens (tertiary/aromatic N) is 2. The van der Waals surface area contributed by atoms with Gasteiger partial charge in [-0.1, -0.05) is 12.1 Å².